The van der Waals surface area contributed by atoms with Gasteiger partial charge in [0.25, 0.3) is 0 Å². The molecule has 0 aliphatic carbocycles. The summed E-state index contributed by atoms with van der Waals surface area (Å²) in [7, 11) is 0. The molecule has 0 saturated carbocycles. The van der Waals surface area contributed by atoms with Gasteiger partial charge < -0.3 is 0 Å². The van der Waals surface area contributed by atoms with E-state index in [1.54, 1.807) is 6.20 Å². The topological polar surface area (TPSA) is 30.7 Å². The number of hydrogen-bond acceptors (Lipinski definition) is 2. The van der Waals surface area contributed by atoms with Crippen LogP contribution in [0.1, 0.15) is 18.5 Å². The molecule has 3 nitrogen and oxygen atoms in total. The summed E-state index contributed by atoms with van der Waals surface area (Å²) in [6.07, 6.45) is 3.56. The van der Waals surface area contributed by atoms with Crippen LogP contribution in [0.2, 0.25) is 0 Å². The zero-order valence-electron chi connectivity index (χ0n) is 7.76. The Morgan fingerprint density at radius 1 is 1.29 bits per heavy atom. The Kier molecular flexibility index (Phi) is 2.63. The van der Waals surface area contributed by atoms with Crippen LogP contribution in [-0.4, -0.2) is 15.0 Å². The Morgan fingerprint density at radius 3 is 2.57 bits per heavy atom. The summed E-state index contributed by atoms with van der Waals surface area (Å²) >= 11 is 3.41. The van der Waals surface area contributed by atoms with Crippen molar-refractivity contribution in [1.82, 2.24) is 15.0 Å². The molecule has 14 heavy (non-hydrogen) atoms. The molecule has 0 fully saturated rings. The molecule has 2 aromatic rings. The van der Waals surface area contributed by atoms with Crippen LogP contribution in [0.4, 0.5) is 0 Å². The van der Waals surface area contributed by atoms with Crippen LogP contribution in [0.3, 0.4) is 0 Å². The van der Waals surface area contributed by atoms with E-state index in [-0.39, 0.29) is 6.04 Å². The summed E-state index contributed by atoms with van der Waals surface area (Å²) in [6, 6.07) is 8.45. The third kappa shape index (κ3) is 1.85. The first-order valence-electron chi connectivity index (χ1n) is 4.38. The first-order chi connectivity index (χ1) is 6.77. The van der Waals surface area contributed by atoms with Crippen LogP contribution in [0.25, 0.3) is 0 Å². The van der Waals surface area contributed by atoms with Crippen molar-refractivity contribution in [2.75, 3.05) is 0 Å². The molecule has 1 unspecified atom stereocenters. The van der Waals surface area contributed by atoms with E-state index < -0.39 is 0 Å². The molecule has 0 aliphatic rings. The lowest BCUT2D eigenvalue weighted by Crippen LogP contribution is -2.07. The van der Waals surface area contributed by atoms with Crippen molar-refractivity contribution >= 4 is 15.9 Å². The second-order valence-corrected chi connectivity index (χ2v) is 4.03. The molecule has 72 valence electrons. The predicted molar refractivity (Wildman–Crippen MR) is 58.0 cm³/mol. The maximum atomic E-state index is 3.97. The quantitative estimate of drug-likeness (QED) is 0.822. The average molecular weight is 252 g/mol. The number of benzene rings is 1. The molecular weight excluding hydrogens is 242 g/mol. The highest BCUT2D eigenvalue weighted by atomic mass is 79.9. The van der Waals surface area contributed by atoms with Crippen molar-refractivity contribution in [3.05, 3.63) is 46.7 Å². The average Bonchev–Trinajstić information content (AvgIpc) is 2.71. The summed E-state index contributed by atoms with van der Waals surface area (Å²) in [4.78, 5) is 0. The van der Waals surface area contributed by atoms with Gasteiger partial charge in [0.1, 0.15) is 0 Å². The monoisotopic (exact) mass is 251 g/mol. The zero-order valence-corrected chi connectivity index (χ0v) is 9.35. The minimum absolute atomic E-state index is 0.227. The number of hydrogen-bond donors (Lipinski definition) is 0. The van der Waals surface area contributed by atoms with Gasteiger partial charge in [0, 0.05) is 10.7 Å². The van der Waals surface area contributed by atoms with E-state index in [1.165, 1.54) is 5.56 Å². The fourth-order valence-electron chi connectivity index (χ4n) is 1.32. The molecule has 1 aromatic carbocycles. The van der Waals surface area contributed by atoms with Crippen LogP contribution in [0.5, 0.6) is 0 Å². The van der Waals surface area contributed by atoms with E-state index in [2.05, 4.69) is 45.3 Å². The van der Waals surface area contributed by atoms with Gasteiger partial charge in [-0.3, -0.25) is 0 Å². The minimum Gasteiger partial charge on any atom is -0.245 e. The van der Waals surface area contributed by atoms with E-state index in [4.69, 9.17) is 0 Å². The summed E-state index contributed by atoms with van der Waals surface area (Å²) in [5.41, 5.74) is 1.22. The van der Waals surface area contributed by atoms with E-state index in [0.717, 1.165) is 4.47 Å². The van der Waals surface area contributed by atoms with E-state index in [9.17, 15) is 0 Å². The molecular formula is C10H10BrN3. The molecule has 0 spiro atoms. The number of halogens is 1. The van der Waals surface area contributed by atoms with Gasteiger partial charge in [-0.05, 0) is 24.6 Å². The van der Waals surface area contributed by atoms with Gasteiger partial charge in [-0.25, -0.2) is 4.68 Å². The molecule has 0 saturated heterocycles. The van der Waals surface area contributed by atoms with Crippen molar-refractivity contribution in [2.45, 2.75) is 13.0 Å². The van der Waals surface area contributed by atoms with E-state index in [1.807, 2.05) is 23.0 Å². The number of rotatable bonds is 2. The highest BCUT2D eigenvalue weighted by Crippen LogP contribution is 2.18. The molecule has 0 amide bonds. The largest absolute Gasteiger partial charge is 0.245 e. The Bertz CT molecular complexity index is 394. The number of aromatic nitrogens is 3. The van der Waals surface area contributed by atoms with Crippen LogP contribution in [0.15, 0.2) is 41.1 Å². The van der Waals surface area contributed by atoms with Gasteiger partial charge in [0.05, 0.1) is 12.2 Å². The lowest BCUT2D eigenvalue weighted by Gasteiger charge is -2.11. The smallest absolute Gasteiger partial charge is 0.0758 e. The first-order valence-corrected chi connectivity index (χ1v) is 5.18. The molecule has 1 atom stereocenters. The van der Waals surface area contributed by atoms with Gasteiger partial charge in [-0.1, -0.05) is 33.3 Å². The Hall–Kier alpha value is -1.16. The Morgan fingerprint density at radius 2 is 2.00 bits per heavy atom. The standard InChI is InChI=1S/C10H10BrN3/c1-8(14-7-6-12-13-14)9-2-4-10(11)5-3-9/h2-8H,1H3. The highest BCUT2D eigenvalue weighted by molar-refractivity contribution is 9.10. The van der Waals surface area contributed by atoms with Gasteiger partial charge in [0.15, 0.2) is 0 Å². The summed E-state index contributed by atoms with van der Waals surface area (Å²) < 4.78 is 2.93. The van der Waals surface area contributed by atoms with Crippen molar-refractivity contribution in [3.8, 4) is 0 Å². The molecule has 1 heterocycles. The SMILES string of the molecule is CC(c1ccc(Br)cc1)n1ccnn1. The second-order valence-electron chi connectivity index (χ2n) is 3.11. The maximum absolute atomic E-state index is 3.97. The first kappa shape index (κ1) is 9.40. The molecule has 2 rings (SSSR count). The van der Waals surface area contributed by atoms with Gasteiger partial charge in [-0.2, -0.15) is 0 Å². The van der Waals surface area contributed by atoms with Crippen molar-refractivity contribution in [1.29, 1.82) is 0 Å². The third-order valence-corrected chi connectivity index (χ3v) is 2.72. The maximum Gasteiger partial charge on any atom is 0.0758 e. The lowest BCUT2D eigenvalue weighted by molar-refractivity contribution is 0.543. The number of nitrogens with zero attached hydrogens (tertiary/aromatic N) is 3. The zero-order chi connectivity index (χ0) is 9.97. The molecule has 0 aliphatic heterocycles. The molecule has 4 heteroatoms. The Balaban J connectivity index is 2.28. The van der Waals surface area contributed by atoms with Gasteiger partial charge in [-0.15, -0.1) is 5.10 Å². The summed E-state index contributed by atoms with van der Waals surface area (Å²) in [6.45, 7) is 2.10. The van der Waals surface area contributed by atoms with E-state index >= 15 is 0 Å². The fourth-order valence-corrected chi connectivity index (χ4v) is 1.58. The normalized spacial score (nSPS) is 12.7. The highest BCUT2D eigenvalue weighted by Gasteiger charge is 2.06. The van der Waals surface area contributed by atoms with E-state index in [0.29, 0.717) is 0 Å². The summed E-state index contributed by atoms with van der Waals surface area (Å²) in [5, 5.41) is 7.76. The Labute approximate surface area is 90.9 Å². The van der Waals surface area contributed by atoms with Crippen LogP contribution < -0.4 is 0 Å². The van der Waals surface area contributed by atoms with Crippen LogP contribution >= 0.6 is 15.9 Å². The molecule has 1 aromatic heterocycles. The van der Waals surface area contributed by atoms with Gasteiger partial charge in [0.2, 0.25) is 0 Å². The second kappa shape index (κ2) is 3.92. The minimum atomic E-state index is 0.227. The molecule has 0 radical (unpaired) electrons. The van der Waals surface area contributed by atoms with Gasteiger partial charge >= 0.3 is 0 Å². The molecule has 0 N–H and O–H groups in total. The van der Waals surface area contributed by atoms with Crippen LogP contribution in [-0.2, 0) is 0 Å². The third-order valence-electron chi connectivity index (χ3n) is 2.19. The molecule has 0 bridgehead atoms. The van der Waals surface area contributed by atoms with Crippen molar-refractivity contribution < 1.29 is 0 Å². The predicted octanol–water partition coefficient (Wildman–Crippen LogP) is 2.65. The lowest BCUT2D eigenvalue weighted by atomic mass is 10.1. The fraction of sp³-hybridized carbons (Fsp3) is 0.200. The van der Waals surface area contributed by atoms with Crippen molar-refractivity contribution in [3.63, 3.8) is 0 Å². The summed E-state index contributed by atoms with van der Waals surface area (Å²) in [5.74, 6) is 0. The van der Waals surface area contributed by atoms with Crippen LogP contribution in [0, 0.1) is 0 Å². The van der Waals surface area contributed by atoms with Crippen molar-refractivity contribution in [2.24, 2.45) is 0 Å².